The van der Waals surface area contributed by atoms with Gasteiger partial charge in [-0.15, -0.1) is 6.58 Å². The van der Waals surface area contributed by atoms with E-state index in [-0.39, 0.29) is 5.41 Å². The molecule has 0 amide bonds. The Labute approximate surface area is 76.1 Å². The smallest absolute Gasteiger partial charge is 0.0926 e. The van der Waals surface area contributed by atoms with Crippen LogP contribution < -0.4 is 0 Å². The van der Waals surface area contributed by atoms with Crippen molar-refractivity contribution in [1.82, 2.24) is 0 Å². The second-order valence-electron chi connectivity index (χ2n) is 3.47. The van der Waals surface area contributed by atoms with Crippen molar-refractivity contribution >= 4 is 0 Å². The van der Waals surface area contributed by atoms with Gasteiger partial charge in [0.2, 0.25) is 0 Å². The second-order valence-corrected chi connectivity index (χ2v) is 3.47. The number of rotatable bonds is 7. The standard InChI is InChI=1S/C11H20O/c1-5-8-9-11(4,6-2)10-12-7-3/h5,7H,1,3,6,8-10H2,2,4H3. The molecule has 0 N–H and O–H groups in total. The van der Waals surface area contributed by atoms with E-state index in [0.717, 1.165) is 25.9 Å². The molecular weight excluding hydrogens is 148 g/mol. The Kier molecular flexibility index (Phi) is 5.52. The summed E-state index contributed by atoms with van der Waals surface area (Å²) in [6.45, 7) is 12.4. The number of allylic oxidation sites excluding steroid dienone is 1. The van der Waals surface area contributed by atoms with Gasteiger partial charge in [-0.1, -0.05) is 26.5 Å². The zero-order chi connectivity index (χ0) is 9.45. The minimum Gasteiger partial charge on any atom is -0.501 e. The molecule has 70 valence electrons. The molecule has 0 saturated heterocycles. The molecule has 1 nitrogen and oxygen atoms in total. The molecule has 0 aromatic carbocycles. The van der Waals surface area contributed by atoms with E-state index in [0.29, 0.717) is 0 Å². The van der Waals surface area contributed by atoms with Crippen LogP contribution in [0.4, 0.5) is 0 Å². The lowest BCUT2D eigenvalue weighted by Gasteiger charge is -2.26. The van der Waals surface area contributed by atoms with E-state index in [1.54, 1.807) is 0 Å². The summed E-state index contributed by atoms with van der Waals surface area (Å²) in [5.74, 6) is 0. The largest absolute Gasteiger partial charge is 0.501 e. The van der Waals surface area contributed by atoms with Crippen LogP contribution >= 0.6 is 0 Å². The Balaban J connectivity index is 3.84. The van der Waals surface area contributed by atoms with Gasteiger partial charge in [-0.05, 0) is 19.3 Å². The van der Waals surface area contributed by atoms with Gasteiger partial charge in [-0.3, -0.25) is 0 Å². The maximum Gasteiger partial charge on any atom is 0.0926 e. The average molecular weight is 168 g/mol. The summed E-state index contributed by atoms with van der Waals surface area (Å²) in [7, 11) is 0. The molecule has 0 bridgehead atoms. The van der Waals surface area contributed by atoms with Gasteiger partial charge < -0.3 is 4.74 Å². The predicted molar refractivity (Wildman–Crippen MR) is 54.0 cm³/mol. The van der Waals surface area contributed by atoms with Gasteiger partial charge in [-0.2, -0.15) is 0 Å². The maximum atomic E-state index is 5.22. The van der Waals surface area contributed by atoms with Crippen LogP contribution in [-0.4, -0.2) is 6.61 Å². The van der Waals surface area contributed by atoms with E-state index in [1.165, 1.54) is 6.26 Å². The van der Waals surface area contributed by atoms with Gasteiger partial charge >= 0.3 is 0 Å². The molecular formula is C11H20O. The summed E-state index contributed by atoms with van der Waals surface area (Å²) in [5, 5.41) is 0. The van der Waals surface area contributed by atoms with Crippen LogP contribution in [-0.2, 0) is 4.74 Å². The SMILES string of the molecule is C=CCCC(C)(CC)COC=C. The van der Waals surface area contributed by atoms with Crippen molar-refractivity contribution in [3.8, 4) is 0 Å². The van der Waals surface area contributed by atoms with Crippen molar-refractivity contribution in [3.05, 3.63) is 25.5 Å². The molecule has 12 heavy (non-hydrogen) atoms. The number of hydrogen-bond donors (Lipinski definition) is 0. The normalized spacial score (nSPS) is 14.8. The van der Waals surface area contributed by atoms with Gasteiger partial charge in [0.15, 0.2) is 0 Å². The zero-order valence-corrected chi connectivity index (χ0v) is 8.31. The first-order valence-electron chi connectivity index (χ1n) is 4.52. The van der Waals surface area contributed by atoms with E-state index >= 15 is 0 Å². The highest BCUT2D eigenvalue weighted by Crippen LogP contribution is 2.27. The molecule has 1 heteroatoms. The van der Waals surface area contributed by atoms with Crippen LogP contribution in [0.2, 0.25) is 0 Å². The highest BCUT2D eigenvalue weighted by molar-refractivity contribution is 4.78. The molecule has 0 aromatic rings. The van der Waals surface area contributed by atoms with E-state index in [4.69, 9.17) is 4.74 Å². The van der Waals surface area contributed by atoms with Crippen molar-refractivity contribution < 1.29 is 4.74 Å². The minimum absolute atomic E-state index is 0.280. The lowest BCUT2D eigenvalue weighted by Crippen LogP contribution is -2.20. The highest BCUT2D eigenvalue weighted by atomic mass is 16.5. The predicted octanol–water partition coefficient (Wildman–Crippen LogP) is 3.53. The van der Waals surface area contributed by atoms with Crippen LogP contribution in [0.15, 0.2) is 25.5 Å². The fraction of sp³-hybridized carbons (Fsp3) is 0.636. The Bertz CT molecular complexity index is 126. The van der Waals surface area contributed by atoms with E-state index in [1.807, 2.05) is 6.08 Å². The molecule has 0 heterocycles. The summed E-state index contributed by atoms with van der Waals surface area (Å²) < 4.78 is 5.22. The Morgan fingerprint density at radius 2 is 2.08 bits per heavy atom. The molecule has 1 unspecified atom stereocenters. The maximum absolute atomic E-state index is 5.22. The van der Waals surface area contributed by atoms with Gasteiger partial charge in [0.05, 0.1) is 12.9 Å². The molecule has 0 saturated carbocycles. The first kappa shape index (κ1) is 11.3. The Morgan fingerprint density at radius 1 is 1.42 bits per heavy atom. The quantitative estimate of drug-likeness (QED) is 0.417. The molecule has 0 aliphatic rings. The van der Waals surface area contributed by atoms with Crippen LogP contribution in [0.3, 0.4) is 0 Å². The van der Waals surface area contributed by atoms with Crippen molar-refractivity contribution in [3.63, 3.8) is 0 Å². The molecule has 0 spiro atoms. The third kappa shape index (κ3) is 4.22. The van der Waals surface area contributed by atoms with Crippen LogP contribution in [0.25, 0.3) is 0 Å². The number of hydrogen-bond acceptors (Lipinski definition) is 1. The van der Waals surface area contributed by atoms with Gasteiger partial charge in [0.1, 0.15) is 0 Å². The van der Waals surface area contributed by atoms with E-state index in [9.17, 15) is 0 Å². The topological polar surface area (TPSA) is 9.23 Å². The minimum atomic E-state index is 0.280. The third-order valence-corrected chi connectivity index (χ3v) is 2.36. The van der Waals surface area contributed by atoms with Crippen LogP contribution in [0, 0.1) is 5.41 Å². The average Bonchev–Trinajstić information content (AvgIpc) is 2.11. The summed E-state index contributed by atoms with van der Waals surface area (Å²) >= 11 is 0. The lowest BCUT2D eigenvalue weighted by molar-refractivity contribution is 0.112. The van der Waals surface area contributed by atoms with Crippen molar-refractivity contribution in [1.29, 1.82) is 0 Å². The summed E-state index contributed by atoms with van der Waals surface area (Å²) in [6, 6.07) is 0. The van der Waals surface area contributed by atoms with Crippen molar-refractivity contribution in [2.75, 3.05) is 6.61 Å². The molecule has 0 rings (SSSR count). The molecule has 0 aliphatic carbocycles. The molecule has 0 aliphatic heterocycles. The highest BCUT2D eigenvalue weighted by Gasteiger charge is 2.21. The Morgan fingerprint density at radius 3 is 2.50 bits per heavy atom. The van der Waals surface area contributed by atoms with E-state index in [2.05, 4.69) is 27.0 Å². The first-order chi connectivity index (χ1) is 5.68. The summed E-state index contributed by atoms with van der Waals surface area (Å²) in [6.07, 6.45) is 6.81. The van der Waals surface area contributed by atoms with Crippen molar-refractivity contribution in [2.24, 2.45) is 5.41 Å². The van der Waals surface area contributed by atoms with Gasteiger partial charge in [0, 0.05) is 5.41 Å². The molecule has 0 radical (unpaired) electrons. The zero-order valence-electron chi connectivity index (χ0n) is 8.31. The fourth-order valence-corrected chi connectivity index (χ4v) is 1.06. The second kappa shape index (κ2) is 5.87. The Hall–Kier alpha value is -0.720. The summed E-state index contributed by atoms with van der Waals surface area (Å²) in [5.41, 5.74) is 0.280. The van der Waals surface area contributed by atoms with Crippen LogP contribution in [0.1, 0.15) is 33.1 Å². The molecule has 0 aromatic heterocycles. The van der Waals surface area contributed by atoms with Crippen LogP contribution in [0.5, 0.6) is 0 Å². The van der Waals surface area contributed by atoms with Crippen molar-refractivity contribution in [2.45, 2.75) is 33.1 Å². The lowest BCUT2D eigenvalue weighted by atomic mass is 9.84. The van der Waals surface area contributed by atoms with Gasteiger partial charge in [0.25, 0.3) is 0 Å². The van der Waals surface area contributed by atoms with E-state index < -0.39 is 0 Å². The fourth-order valence-electron chi connectivity index (χ4n) is 1.06. The third-order valence-electron chi connectivity index (χ3n) is 2.36. The summed E-state index contributed by atoms with van der Waals surface area (Å²) in [4.78, 5) is 0. The molecule has 0 fully saturated rings. The van der Waals surface area contributed by atoms with Gasteiger partial charge in [-0.25, -0.2) is 0 Å². The molecule has 1 atom stereocenters. The number of ether oxygens (including phenoxy) is 1. The first-order valence-corrected chi connectivity index (χ1v) is 4.52. The monoisotopic (exact) mass is 168 g/mol.